The highest BCUT2D eigenvalue weighted by Crippen LogP contribution is 2.40. The second-order valence-electron chi connectivity index (χ2n) is 9.81. The lowest BCUT2D eigenvalue weighted by Gasteiger charge is -2.23. The van der Waals surface area contributed by atoms with Crippen LogP contribution in [-0.2, 0) is 16.0 Å². The van der Waals surface area contributed by atoms with Crippen LogP contribution in [0.25, 0.3) is 22.4 Å². The highest BCUT2D eigenvalue weighted by molar-refractivity contribution is 5.76. The van der Waals surface area contributed by atoms with Crippen LogP contribution >= 0.6 is 0 Å². The lowest BCUT2D eigenvalue weighted by molar-refractivity contribution is -0.198. The number of carbonyl (C=O) groups excluding carboxylic acids is 1. The number of esters is 1. The number of carbonyl (C=O) groups is 1. The van der Waals surface area contributed by atoms with Gasteiger partial charge in [-0.25, -0.2) is 4.98 Å². The van der Waals surface area contributed by atoms with E-state index >= 15 is 0 Å². The Kier molecular flexibility index (Phi) is 9.31. The molecule has 4 aromatic rings. The van der Waals surface area contributed by atoms with Crippen LogP contribution in [0, 0.1) is 0 Å². The molecule has 1 heterocycles. The van der Waals surface area contributed by atoms with Gasteiger partial charge in [0.1, 0.15) is 11.8 Å². The number of halogens is 3. The van der Waals surface area contributed by atoms with E-state index in [9.17, 15) is 18.0 Å². The van der Waals surface area contributed by atoms with Crippen molar-refractivity contribution in [2.45, 2.75) is 44.7 Å². The van der Waals surface area contributed by atoms with Crippen molar-refractivity contribution in [3.8, 4) is 34.0 Å². The second-order valence-corrected chi connectivity index (χ2v) is 9.81. The molecule has 1 aromatic heterocycles. The van der Waals surface area contributed by atoms with Gasteiger partial charge in [-0.2, -0.15) is 18.2 Å². The smallest absolute Gasteiger partial charge is 0.429 e. The summed E-state index contributed by atoms with van der Waals surface area (Å²) < 4.78 is 58.8. The molecular formula is C31H31F3N4O4. The normalized spacial score (nSPS) is 13.0. The van der Waals surface area contributed by atoms with Crippen molar-refractivity contribution in [3.05, 3.63) is 90.0 Å². The summed E-state index contributed by atoms with van der Waals surface area (Å²) in [6.07, 6.45) is -7.17. The third-order valence-corrected chi connectivity index (χ3v) is 6.23. The standard InChI is InChI=1S/C31H31F3N4O4/c1-18(2)41-29(39)24(35)15-19-9-11-21(12-10-19)25-17-27(38-30(36)37-25)42-28(31(32,33)34)22-13-14-23(26(16-22)40-3)20-7-5-4-6-8-20/h4-14,16-18,24,28H,15,35H2,1-3H3,(H2,36,37,38)/t24-,28+/m0/s1. The minimum Gasteiger partial charge on any atom is -0.496 e. The van der Waals surface area contributed by atoms with Gasteiger partial charge in [0.15, 0.2) is 0 Å². The molecule has 0 unspecified atom stereocenters. The number of rotatable bonds is 10. The van der Waals surface area contributed by atoms with Gasteiger partial charge in [0.25, 0.3) is 0 Å². The summed E-state index contributed by atoms with van der Waals surface area (Å²) >= 11 is 0. The van der Waals surface area contributed by atoms with Crippen LogP contribution in [0.5, 0.6) is 11.6 Å². The molecule has 4 N–H and O–H groups in total. The Hall–Kier alpha value is -4.64. The van der Waals surface area contributed by atoms with Gasteiger partial charge in [-0.1, -0.05) is 66.7 Å². The molecule has 2 atom stereocenters. The minimum absolute atomic E-state index is 0.172. The molecule has 8 nitrogen and oxygen atoms in total. The van der Waals surface area contributed by atoms with E-state index in [1.807, 2.05) is 30.3 Å². The van der Waals surface area contributed by atoms with Crippen molar-refractivity contribution >= 4 is 11.9 Å². The summed E-state index contributed by atoms with van der Waals surface area (Å²) in [7, 11) is 1.39. The number of anilines is 1. The zero-order valence-electron chi connectivity index (χ0n) is 23.3. The monoisotopic (exact) mass is 580 g/mol. The van der Waals surface area contributed by atoms with Crippen LogP contribution in [0.3, 0.4) is 0 Å². The molecule has 0 bridgehead atoms. The van der Waals surface area contributed by atoms with Crippen molar-refractivity contribution in [2.75, 3.05) is 12.8 Å². The first-order valence-electron chi connectivity index (χ1n) is 13.1. The SMILES string of the molecule is COc1cc([C@@H](Oc2cc(-c3ccc(C[C@H](N)C(=O)OC(C)C)cc3)nc(N)n2)C(F)(F)F)ccc1-c1ccccc1. The van der Waals surface area contributed by atoms with E-state index in [1.165, 1.54) is 25.3 Å². The van der Waals surface area contributed by atoms with Gasteiger partial charge in [0.05, 0.1) is 18.9 Å². The highest BCUT2D eigenvalue weighted by atomic mass is 19.4. The molecular weight excluding hydrogens is 549 g/mol. The molecule has 0 radical (unpaired) electrons. The van der Waals surface area contributed by atoms with Crippen LogP contribution in [0.4, 0.5) is 19.1 Å². The molecule has 220 valence electrons. The largest absolute Gasteiger partial charge is 0.496 e. The number of aromatic nitrogens is 2. The van der Waals surface area contributed by atoms with E-state index in [1.54, 1.807) is 44.2 Å². The van der Waals surface area contributed by atoms with E-state index in [2.05, 4.69) is 9.97 Å². The number of nitrogen functional groups attached to an aromatic ring is 1. The first-order chi connectivity index (χ1) is 19.9. The average Bonchev–Trinajstić information content (AvgIpc) is 2.95. The zero-order valence-corrected chi connectivity index (χ0v) is 23.3. The quantitative estimate of drug-likeness (QED) is 0.222. The molecule has 4 rings (SSSR count). The fourth-order valence-corrected chi connectivity index (χ4v) is 4.29. The molecule has 11 heteroatoms. The van der Waals surface area contributed by atoms with Crippen LogP contribution in [-0.4, -0.2) is 41.4 Å². The lowest BCUT2D eigenvalue weighted by atomic mass is 10.00. The molecule has 0 saturated carbocycles. The fourth-order valence-electron chi connectivity index (χ4n) is 4.29. The minimum atomic E-state index is -4.78. The number of alkyl halides is 3. The first kappa shape index (κ1) is 30.3. The maximum atomic E-state index is 14.3. The predicted molar refractivity (Wildman–Crippen MR) is 153 cm³/mol. The van der Waals surface area contributed by atoms with Crippen LogP contribution in [0.1, 0.15) is 31.1 Å². The second kappa shape index (κ2) is 12.9. The summed E-state index contributed by atoms with van der Waals surface area (Å²) in [6.45, 7) is 3.47. The Morgan fingerprint density at radius 3 is 2.24 bits per heavy atom. The van der Waals surface area contributed by atoms with E-state index in [-0.39, 0.29) is 41.4 Å². The number of ether oxygens (including phenoxy) is 3. The molecule has 0 amide bonds. The van der Waals surface area contributed by atoms with Crippen LogP contribution < -0.4 is 20.9 Å². The Bertz CT molecular complexity index is 1510. The van der Waals surface area contributed by atoms with Crippen LogP contribution in [0.2, 0.25) is 0 Å². The van der Waals surface area contributed by atoms with Gasteiger partial charge >= 0.3 is 12.1 Å². The van der Waals surface area contributed by atoms with Crippen LogP contribution in [0.15, 0.2) is 78.9 Å². The molecule has 3 aromatic carbocycles. The molecule has 0 aliphatic rings. The summed E-state index contributed by atoms with van der Waals surface area (Å²) in [5, 5.41) is 0. The van der Waals surface area contributed by atoms with Gasteiger partial charge < -0.3 is 25.7 Å². The zero-order chi connectivity index (χ0) is 30.4. The Morgan fingerprint density at radius 1 is 0.929 bits per heavy atom. The number of nitrogens with two attached hydrogens (primary N) is 2. The summed E-state index contributed by atoms with van der Waals surface area (Å²) in [4.78, 5) is 20.1. The topological polar surface area (TPSA) is 123 Å². The number of methoxy groups -OCH3 is 1. The average molecular weight is 581 g/mol. The Labute approximate surface area is 241 Å². The first-order valence-corrected chi connectivity index (χ1v) is 13.1. The van der Waals surface area contributed by atoms with Crippen molar-refractivity contribution in [1.29, 1.82) is 0 Å². The van der Waals surface area contributed by atoms with Gasteiger partial charge in [-0.3, -0.25) is 4.79 Å². The van der Waals surface area contributed by atoms with E-state index in [4.69, 9.17) is 25.7 Å². The number of nitrogens with zero attached hydrogens (tertiary/aromatic N) is 2. The molecule has 0 spiro atoms. The summed E-state index contributed by atoms with van der Waals surface area (Å²) in [6, 6.07) is 20.7. The lowest BCUT2D eigenvalue weighted by Crippen LogP contribution is -2.35. The van der Waals surface area contributed by atoms with Gasteiger partial charge in [0, 0.05) is 22.8 Å². The van der Waals surface area contributed by atoms with Gasteiger partial charge in [-0.05, 0) is 37.5 Å². The molecule has 0 aliphatic carbocycles. The fraction of sp³-hybridized carbons (Fsp3) is 0.258. The predicted octanol–water partition coefficient (Wildman–Crippen LogP) is 5.91. The molecule has 42 heavy (non-hydrogen) atoms. The maximum absolute atomic E-state index is 14.3. The molecule has 0 saturated heterocycles. The Morgan fingerprint density at radius 2 is 1.62 bits per heavy atom. The number of hydrogen-bond donors (Lipinski definition) is 2. The van der Waals surface area contributed by atoms with Crippen molar-refractivity contribution in [1.82, 2.24) is 9.97 Å². The van der Waals surface area contributed by atoms with E-state index < -0.39 is 24.3 Å². The van der Waals surface area contributed by atoms with Gasteiger partial charge in [-0.15, -0.1) is 0 Å². The van der Waals surface area contributed by atoms with E-state index in [0.717, 1.165) is 11.1 Å². The summed E-state index contributed by atoms with van der Waals surface area (Å²) in [5.41, 5.74) is 14.6. The highest BCUT2D eigenvalue weighted by Gasteiger charge is 2.44. The number of hydrogen-bond acceptors (Lipinski definition) is 8. The summed E-state index contributed by atoms with van der Waals surface area (Å²) in [5.74, 6) is -0.862. The third kappa shape index (κ3) is 7.55. The number of benzene rings is 3. The maximum Gasteiger partial charge on any atom is 0.429 e. The van der Waals surface area contributed by atoms with E-state index in [0.29, 0.717) is 11.1 Å². The van der Waals surface area contributed by atoms with Crippen molar-refractivity contribution in [3.63, 3.8) is 0 Å². The molecule has 0 fully saturated rings. The molecule has 0 aliphatic heterocycles. The van der Waals surface area contributed by atoms with Crippen molar-refractivity contribution in [2.24, 2.45) is 5.73 Å². The Balaban J connectivity index is 1.58. The third-order valence-electron chi connectivity index (χ3n) is 6.23. The van der Waals surface area contributed by atoms with Crippen molar-refractivity contribution < 1.29 is 32.2 Å². The van der Waals surface area contributed by atoms with Gasteiger partial charge in [0.2, 0.25) is 17.9 Å².